The predicted octanol–water partition coefficient (Wildman–Crippen LogP) is 1.91. The molecule has 1 aliphatic heterocycles. The van der Waals surface area contributed by atoms with Crippen molar-refractivity contribution in [3.05, 3.63) is 35.7 Å². The summed E-state index contributed by atoms with van der Waals surface area (Å²) in [5.74, 6) is 1.19. The van der Waals surface area contributed by atoms with Crippen molar-refractivity contribution in [1.82, 2.24) is 9.78 Å². The predicted molar refractivity (Wildman–Crippen MR) is 77.8 cm³/mol. The van der Waals surface area contributed by atoms with Gasteiger partial charge in [0.05, 0.1) is 25.6 Å². The molecule has 0 spiro atoms. The van der Waals surface area contributed by atoms with E-state index in [1.54, 1.807) is 18.9 Å². The van der Waals surface area contributed by atoms with E-state index in [1.807, 2.05) is 31.4 Å². The summed E-state index contributed by atoms with van der Waals surface area (Å²) in [7, 11) is 5.06. The molecule has 1 aromatic carbocycles. The summed E-state index contributed by atoms with van der Waals surface area (Å²) in [6, 6.07) is 5.56. The van der Waals surface area contributed by atoms with Crippen LogP contribution in [-0.2, 0) is 11.8 Å². The van der Waals surface area contributed by atoms with Gasteiger partial charge in [-0.05, 0) is 6.07 Å². The third kappa shape index (κ3) is 2.33. The van der Waals surface area contributed by atoms with E-state index in [1.165, 1.54) is 0 Å². The van der Waals surface area contributed by atoms with Gasteiger partial charge in [-0.2, -0.15) is 5.10 Å². The van der Waals surface area contributed by atoms with E-state index in [4.69, 9.17) is 9.47 Å². The van der Waals surface area contributed by atoms with Gasteiger partial charge in [0.1, 0.15) is 11.5 Å². The topological polar surface area (TPSA) is 65.4 Å². The largest absolute Gasteiger partial charge is 0.497 e. The molecule has 21 heavy (non-hydrogen) atoms. The molecule has 110 valence electrons. The molecule has 0 saturated heterocycles. The molecule has 2 aromatic rings. The summed E-state index contributed by atoms with van der Waals surface area (Å²) in [5.41, 5.74) is 2.52. The third-order valence-corrected chi connectivity index (χ3v) is 3.67. The Labute approximate surface area is 122 Å². The van der Waals surface area contributed by atoms with E-state index in [2.05, 4.69) is 10.4 Å². The average molecular weight is 287 g/mol. The first-order chi connectivity index (χ1) is 10.1. The monoisotopic (exact) mass is 287 g/mol. The normalized spacial score (nSPS) is 17.1. The fourth-order valence-corrected chi connectivity index (χ4v) is 2.71. The van der Waals surface area contributed by atoms with E-state index < -0.39 is 0 Å². The number of rotatable bonds is 3. The molecule has 1 N–H and O–H groups in total. The Morgan fingerprint density at radius 2 is 2.14 bits per heavy atom. The summed E-state index contributed by atoms with van der Waals surface area (Å²) in [5, 5.41) is 7.32. The van der Waals surface area contributed by atoms with E-state index in [-0.39, 0.29) is 11.8 Å². The van der Waals surface area contributed by atoms with Gasteiger partial charge in [-0.3, -0.25) is 9.48 Å². The first-order valence-electron chi connectivity index (χ1n) is 6.67. The molecule has 1 unspecified atom stereocenters. The molecule has 0 bridgehead atoms. The Morgan fingerprint density at radius 1 is 1.33 bits per heavy atom. The van der Waals surface area contributed by atoms with E-state index in [9.17, 15) is 4.79 Å². The highest BCUT2D eigenvalue weighted by molar-refractivity contribution is 5.96. The maximum absolute atomic E-state index is 12.0. The maximum atomic E-state index is 12.0. The molecule has 2 heterocycles. The van der Waals surface area contributed by atoms with Crippen LogP contribution in [-0.4, -0.2) is 29.9 Å². The molecule has 6 nitrogen and oxygen atoms in total. The first kappa shape index (κ1) is 13.5. The lowest BCUT2D eigenvalue weighted by atomic mass is 9.87. The number of hydrogen-bond acceptors (Lipinski definition) is 4. The molecule has 0 aliphatic carbocycles. The fraction of sp³-hybridized carbons (Fsp3) is 0.333. The number of carbonyl (C=O) groups is 1. The van der Waals surface area contributed by atoms with Crippen LogP contribution in [0.1, 0.15) is 23.6 Å². The number of benzene rings is 1. The molecular formula is C15H17N3O3. The second kappa shape index (κ2) is 5.12. The summed E-state index contributed by atoms with van der Waals surface area (Å²) in [6.45, 7) is 0. The molecule has 1 amide bonds. The number of hydrogen-bond donors (Lipinski definition) is 1. The van der Waals surface area contributed by atoms with Crippen LogP contribution in [0.5, 0.6) is 11.5 Å². The summed E-state index contributed by atoms with van der Waals surface area (Å²) < 4.78 is 12.5. The Balaban J connectivity index is 2.16. The van der Waals surface area contributed by atoms with Crippen LogP contribution >= 0.6 is 0 Å². The van der Waals surface area contributed by atoms with Crippen molar-refractivity contribution in [3.63, 3.8) is 0 Å². The fourth-order valence-electron chi connectivity index (χ4n) is 2.71. The van der Waals surface area contributed by atoms with Crippen LogP contribution in [0.3, 0.4) is 0 Å². The lowest BCUT2D eigenvalue weighted by molar-refractivity contribution is -0.116. The Kier molecular flexibility index (Phi) is 3.29. The van der Waals surface area contributed by atoms with Crippen molar-refractivity contribution in [1.29, 1.82) is 0 Å². The lowest BCUT2D eigenvalue weighted by Gasteiger charge is -2.26. The molecule has 0 saturated carbocycles. The Hall–Kier alpha value is -2.50. The number of amides is 1. The number of anilines is 1. The molecule has 3 rings (SSSR count). The van der Waals surface area contributed by atoms with Gasteiger partial charge >= 0.3 is 0 Å². The van der Waals surface area contributed by atoms with Crippen molar-refractivity contribution in [2.75, 3.05) is 19.5 Å². The van der Waals surface area contributed by atoms with Gasteiger partial charge < -0.3 is 14.8 Å². The number of carbonyl (C=O) groups excluding carboxylic acids is 1. The molecule has 1 aliphatic rings. The number of nitrogens with zero attached hydrogens (tertiary/aromatic N) is 2. The second-order valence-corrected chi connectivity index (χ2v) is 5.01. The van der Waals surface area contributed by atoms with E-state index in [0.29, 0.717) is 17.9 Å². The molecule has 1 atom stereocenters. The summed E-state index contributed by atoms with van der Waals surface area (Å²) >= 11 is 0. The highest BCUT2D eigenvalue weighted by atomic mass is 16.5. The van der Waals surface area contributed by atoms with Crippen molar-refractivity contribution in [2.45, 2.75) is 12.3 Å². The summed E-state index contributed by atoms with van der Waals surface area (Å²) in [4.78, 5) is 12.0. The zero-order valence-corrected chi connectivity index (χ0v) is 12.2. The van der Waals surface area contributed by atoms with Crippen LogP contribution in [0.25, 0.3) is 0 Å². The highest BCUT2D eigenvalue weighted by Gasteiger charge is 2.31. The quantitative estimate of drug-likeness (QED) is 0.936. The highest BCUT2D eigenvalue weighted by Crippen LogP contribution is 2.44. The first-order valence-corrected chi connectivity index (χ1v) is 6.67. The number of ether oxygens (including phenoxy) is 2. The average Bonchev–Trinajstić information content (AvgIpc) is 2.91. The van der Waals surface area contributed by atoms with Gasteiger partial charge in [-0.1, -0.05) is 0 Å². The number of methoxy groups -OCH3 is 2. The SMILES string of the molecule is COc1cc2c(c(OC)c1)C(c1ccn(C)n1)CC(=O)N2. The van der Waals surface area contributed by atoms with E-state index in [0.717, 1.165) is 16.9 Å². The zero-order chi connectivity index (χ0) is 15.0. The standard InChI is InChI=1S/C15H17N3O3/c1-18-5-4-11(17-18)10-8-14(19)16-12-6-9(20-2)7-13(21-3)15(10)12/h4-7,10H,8H2,1-3H3,(H,16,19). The van der Waals surface area contributed by atoms with Crippen LogP contribution in [0, 0.1) is 0 Å². The molecule has 0 radical (unpaired) electrons. The molecule has 0 fully saturated rings. The third-order valence-electron chi connectivity index (χ3n) is 3.67. The number of nitrogens with one attached hydrogen (secondary N) is 1. The van der Waals surface area contributed by atoms with Crippen molar-refractivity contribution < 1.29 is 14.3 Å². The van der Waals surface area contributed by atoms with Gasteiger partial charge in [0.15, 0.2) is 0 Å². The smallest absolute Gasteiger partial charge is 0.225 e. The van der Waals surface area contributed by atoms with Crippen LogP contribution < -0.4 is 14.8 Å². The van der Waals surface area contributed by atoms with Gasteiger partial charge in [0.25, 0.3) is 0 Å². The minimum absolute atomic E-state index is 0.0338. The van der Waals surface area contributed by atoms with Crippen LogP contribution in [0.2, 0.25) is 0 Å². The van der Waals surface area contributed by atoms with Crippen molar-refractivity contribution >= 4 is 11.6 Å². The van der Waals surface area contributed by atoms with Crippen LogP contribution in [0.15, 0.2) is 24.4 Å². The van der Waals surface area contributed by atoms with E-state index >= 15 is 0 Å². The Morgan fingerprint density at radius 3 is 2.76 bits per heavy atom. The van der Waals surface area contributed by atoms with Gasteiger partial charge in [0, 0.05) is 43.3 Å². The van der Waals surface area contributed by atoms with Crippen LogP contribution in [0.4, 0.5) is 5.69 Å². The maximum Gasteiger partial charge on any atom is 0.225 e. The zero-order valence-electron chi connectivity index (χ0n) is 12.2. The molecule has 6 heteroatoms. The number of aromatic nitrogens is 2. The van der Waals surface area contributed by atoms with Crippen molar-refractivity contribution in [2.24, 2.45) is 7.05 Å². The van der Waals surface area contributed by atoms with Gasteiger partial charge in [-0.25, -0.2) is 0 Å². The van der Waals surface area contributed by atoms with Gasteiger partial charge in [0.2, 0.25) is 5.91 Å². The number of aryl methyl sites for hydroxylation is 1. The molecule has 1 aromatic heterocycles. The Bertz CT molecular complexity index is 693. The minimum Gasteiger partial charge on any atom is -0.497 e. The van der Waals surface area contributed by atoms with Gasteiger partial charge in [-0.15, -0.1) is 0 Å². The molecular weight excluding hydrogens is 270 g/mol. The second-order valence-electron chi connectivity index (χ2n) is 5.01. The lowest BCUT2D eigenvalue weighted by Crippen LogP contribution is -2.24. The number of fused-ring (bicyclic) bond motifs is 1. The minimum atomic E-state index is -0.115. The summed E-state index contributed by atoms with van der Waals surface area (Å²) in [6.07, 6.45) is 2.23. The van der Waals surface area contributed by atoms with Crippen molar-refractivity contribution in [3.8, 4) is 11.5 Å².